The number of amides is 3. The van der Waals surface area contributed by atoms with E-state index in [-0.39, 0.29) is 27.3 Å². The molecule has 0 saturated heterocycles. The predicted octanol–water partition coefficient (Wildman–Crippen LogP) is -4.45. The van der Waals surface area contributed by atoms with Crippen LogP contribution >= 0.6 is 0 Å². The summed E-state index contributed by atoms with van der Waals surface area (Å²) in [6, 6.07) is 0. The normalized spacial score (nSPS) is 4.85. The zero-order chi connectivity index (χ0) is 10.2. The summed E-state index contributed by atoms with van der Waals surface area (Å²) in [4.78, 5) is 26.4. The molecule has 0 aromatic heterocycles. The van der Waals surface area contributed by atoms with Crippen molar-refractivity contribution in [1.82, 2.24) is 16.3 Å². The van der Waals surface area contributed by atoms with Gasteiger partial charge in [-0.05, 0) is 0 Å². The van der Waals surface area contributed by atoms with Gasteiger partial charge in [-0.3, -0.25) is 17.5 Å². The van der Waals surface area contributed by atoms with Crippen LogP contribution in [-0.2, 0) is 41.7 Å². The first-order chi connectivity index (χ1) is 5.74. The summed E-state index contributed by atoms with van der Waals surface area (Å²) in [5, 5.41) is 0. The smallest absolute Gasteiger partial charge is 0 e. The predicted molar refractivity (Wildman–Crippen MR) is 39.0 cm³/mol. The van der Waals surface area contributed by atoms with Crippen LogP contribution in [0.4, 0.5) is 0 Å². The third kappa shape index (κ3) is 194. The molecule has 0 saturated carbocycles. The Bertz CT molecular complexity index is 84.1. The third-order valence-corrected chi connectivity index (χ3v) is 0.177. The van der Waals surface area contributed by atoms with Crippen LogP contribution in [0.5, 0.6) is 0 Å². The molecule has 0 aromatic carbocycles. The van der Waals surface area contributed by atoms with E-state index in [0.29, 0.717) is 0 Å². The molecule has 9 N–H and O–H groups in total. The maximum absolute atomic E-state index is 8.81. The Hall–Kier alpha value is -0.788. The second kappa shape index (κ2) is 43.0. The molecule has 0 unspecified atom stereocenters. The Kier molecular flexibility index (Phi) is 75.4. The molecule has 0 aliphatic rings. The molecular formula is C3H9CdN6O3-3. The van der Waals surface area contributed by atoms with Gasteiger partial charge in [0.1, 0.15) is 0 Å². The first-order valence-electron chi connectivity index (χ1n) is 2.23. The number of rotatable bonds is 3. The molecule has 74 valence electrons. The number of hydrogen-bond donors (Lipinski definition) is 6. The summed E-state index contributed by atoms with van der Waals surface area (Å²) < 4.78 is 0. The van der Waals surface area contributed by atoms with E-state index >= 15 is 0 Å². The van der Waals surface area contributed by atoms with Crippen LogP contribution in [0.1, 0.15) is 0 Å². The number of nitrogens with one attached hydrogen (secondary N) is 3. The van der Waals surface area contributed by atoms with E-state index in [1.54, 1.807) is 16.3 Å². The number of carbonyl (C=O) groups excluding carboxylic acids is 3. The van der Waals surface area contributed by atoms with E-state index in [9.17, 15) is 0 Å². The Morgan fingerprint density at radius 1 is 0.692 bits per heavy atom. The van der Waals surface area contributed by atoms with E-state index in [4.69, 9.17) is 14.4 Å². The fraction of sp³-hybridized carbons (Fsp3) is 0. The van der Waals surface area contributed by atoms with Crippen molar-refractivity contribution in [2.45, 2.75) is 0 Å². The van der Waals surface area contributed by atoms with E-state index in [0.717, 1.165) is 0 Å². The molecule has 13 heavy (non-hydrogen) atoms. The van der Waals surface area contributed by atoms with Crippen LogP contribution in [0.3, 0.4) is 0 Å². The minimum Gasteiger partial charge on any atom is -0.519 e. The van der Waals surface area contributed by atoms with Gasteiger partial charge in [-0.15, -0.1) is 0 Å². The summed E-state index contributed by atoms with van der Waals surface area (Å²) in [6.07, 6.45) is 3.62. The van der Waals surface area contributed by atoms with Gasteiger partial charge in [0.25, 0.3) is 0 Å². The Labute approximate surface area is 94.8 Å². The Balaban J connectivity index is -0.0000000450. The zero-order valence-electron chi connectivity index (χ0n) is 6.66. The van der Waals surface area contributed by atoms with Gasteiger partial charge in [0.05, 0.1) is 0 Å². The number of hydrazine groups is 3. The van der Waals surface area contributed by atoms with Crippen LogP contribution in [0.2, 0.25) is 0 Å². The average molecular weight is 290 g/mol. The van der Waals surface area contributed by atoms with Gasteiger partial charge in [-0.2, -0.15) is 19.2 Å². The summed E-state index contributed by atoms with van der Waals surface area (Å²) in [5.74, 6) is 13.1. The zero-order valence-corrected chi connectivity index (χ0v) is 10.7. The van der Waals surface area contributed by atoms with Crippen LogP contribution in [0.15, 0.2) is 0 Å². The van der Waals surface area contributed by atoms with Gasteiger partial charge in [0.15, 0.2) is 0 Å². The Morgan fingerprint density at radius 3 is 0.769 bits per heavy atom. The summed E-state index contributed by atoms with van der Waals surface area (Å²) in [7, 11) is 0. The summed E-state index contributed by atoms with van der Waals surface area (Å²) in [5.41, 5.74) is 4.88. The number of hydrogen-bond acceptors (Lipinski definition) is 6. The average Bonchev–Trinajstić information content (AvgIpc) is 2.18. The molecule has 0 aliphatic heterocycles. The molecule has 0 fully saturated rings. The molecule has 10 heteroatoms. The van der Waals surface area contributed by atoms with E-state index in [1.165, 1.54) is 19.2 Å². The van der Waals surface area contributed by atoms with Crippen LogP contribution in [0.25, 0.3) is 0 Å². The van der Waals surface area contributed by atoms with Crippen molar-refractivity contribution < 1.29 is 41.7 Å². The topological polar surface area (TPSA) is 165 Å². The first-order valence-corrected chi connectivity index (χ1v) is 2.23. The SMILES string of the molecule is NN[C-]=O.NN[C-]=O.NN[C-]=O.[Cd]. The maximum atomic E-state index is 8.81. The van der Waals surface area contributed by atoms with Crippen LogP contribution in [0, 0.1) is 0 Å². The Morgan fingerprint density at radius 2 is 0.769 bits per heavy atom. The van der Waals surface area contributed by atoms with Gasteiger partial charge >= 0.3 is 0 Å². The maximum Gasteiger partial charge on any atom is 0 e. The molecule has 9 nitrogen and oxygen atoms in total. The summed E-state index contributed by atoms with van der Waals surface area (Å²) in [6.45, 7) is 0. The fourth-order valence-electron chi connectivity index (χ4n) is 0. The first kappa shape index (κ1) is 22.8. The van der Waals surface area contributed by atoms with Crippen LogP contribution < -0.4 is 33.8 Å². The van der Waals surface area contributed by atoms with Crippen molar-refractivity contribution in [3.8, 4) is 0 Å². The van der Waals surface area contributed by atoms with E-state index in [2.05, 4.69) is 17.5 Å². The van der Waals surface area contributed by atoms with E-state index in [1.807, 2.05) is 0 Å². The molecule has 0 rings (SSSR count). The van der Waals surface area contributed by atoms with Gasteiger partial charge in [-0.25, -0.2) is 0 Å². The van der Waals surface area contributed by atoms with Crippen molar-refractivity contribution in [2.75, 3.05) is 0 Å². The quantitative estimate of drug-likeness (QED) is 0.0765. The molecular weight excluding hydrogens is 280 g/mol. The molecule has 0 spiro atoms. The minimum atomic E-state index is 0. The molecule has 0 radical (unpaired) electrons. The third-order valence-electron chi connectivity index (χ3n) is 0.177. The summed E-state index contributed by atoms with van der Waals surface area (Å²) >= 11 is 0. The van der Waals surface area contributed by atoms with Gasteiger partial charge in [0, 0.05) is 27.3 Å². The monoisotopic (exact) mass is 291 g/mol. The second-order valence-corrected chi connectivity index (χ2v) is 0.739. The molecule has 3 amide bonds. The molecule has 0 bridgehead atoms. The van der Waals surface area contributed by atoms with Gasteiger partial charge in [-0.1, -0.05) is 0 Å². The van der Waals surface area contributed by atoms with Crippen molar-refractivity contribution in [2.24, 2.45) is 17.5 Å². The van der Waals surface area contributed by atoms with Crippen molar-refractivity contribution in [1.29, 1.82) is 0 Å². The molecule has 0 aromatic rings. The van der Waals surface area contributed by atoms with E-state index < -0.39 is 0 Å². The molecule has 0 atom stereocenters. The largest absolute Gasteiger partial charge is 0.519 e. The van der Waals surface area contributed by atoms with Crippen molar-refractivity contribution in [3.63, 3.8) is 0 Å². The number of nitrogens with two attached hydrogens (primary N) is 3. The fourth-order valence-corrected chi connectivity index (χ4v) is 0. The second-order valence-electron chi connectivity index (χ2n) is 0.739. The minimum absolute atomic E-state index is 0. The van der Waals surface area contributed by atoms with Crippen molar-refractivity contribution in [3.05, 3.63) is 0 Å². The van der Waals surface area contributed by atoms with Gasteiger partial charge in [0.2, 0.25) is 0 Å². The van der Waals surface area contributed by atoms with Crippen molar-refractivity contribution >= 4 is 19.2 Å². The van der Waals surface area contributed by atoms with Crippen LogP contribution in [-0.4, -0.2) is 19.2 Å². The molecule has 0 heterocycles. The molecule has 0 aliphatic carbocycles. The van der Waals surface area contributed by atoms with Gasteiger partial charge < -0.3 is 30.7 Å². The standard InChI is InChI=1S/3CH3N2O.Cd/c3*2-3-1-4;/h3*2H2,(H,3,4);/q3*-1;.